The molecule has 1 aromatic rings. The maximum absolute atomic E-state index is 11.8. The van der Waals surface area contributed by atoms with E-state index in [1.807, 2.05) is 37.3 Å². The van der Waals surface area contributed by atoms with Crippen molar-refractivity contribution >= 4 is 11.8 Å². The molecule has 0 saturated heterocycles. The molecule has 0 spiro atoms. The third-order valence-corrected chi connectivity index (χ3v) is 3.41. The van der Waals surface area contributed by atoms with Crippen molar-refractivity contribution in [3.8, 4) is 0 Å². The average Bonchev–Trinajstić information content (AvgIpc) is 2.43. The Bertz CT molecular complexity index is 431. The van der Waals surface area contributed by atoms with E-state index < -0.39 is 0 Å². The monoisotopic (exact) mass is 276 g/mol. The summed E-state index contributed by atoms with van der Waals surface area (Å²) < 4.78 is 0. The normalized spacial score (nSPS) is 11.8. The smallest absolute Gasteiger partial charge is 0.224 e. The van der Waals surface area contributed by atoms with Gasteiger partial charge in [0.2, 0.25) is 11.8 Å². The lowest BCUT2D eigenvalue weighted by molar-refractivity contribution is -0.131. The zero-order chi connectivity index (χ0) is 15.0. The number of carbonyl (C=O) groups excluding carboxylic acids is 2. The molecule has 0 aliphatic heterocycles. The first-order valence-corrected chi connectivity index (χ1v) is 7.12. The molecule has 1 rings (SSSR count). The van der Waals surface area contributed by atoms with Crippen molar-refractivity contribution in [3.63, 3.8) is 0 Å². The van der Waals surface area contributed by atoms with E-state index in [2.05, 4.69) is 12.2 Å². The highest BCUT2D eigenvalue weighted by Gasteiger charge is 2.14. The van der Waals surface area contributed by atoms with Gasteiger partial charge in [0.15, 0.2) is 0 Å². The molecule has 20 heavy (non-hydrogen) atoms. The Morgan fingerprint density at radius 3 is 2.45 bits per heavy atom. The quantitative estimate of drug-likeness (QED) is 0.828. The first-order valence-electron chi connectivity index (χ1n) is 7.12. The minimum atomic E-state index is -0.0103. The van der Waals surface area contributed by atoms with Crippen LogP contribution in [-0.2, 0) is 16.0 Å². The Morgan fingerprint density at radius 2 is 1.90 bits per heavy atom. The Kier molecular flexibility index (Phi) is 6.77. The predicted octanol–water partition coefficient (Wildman–Crippen LogP) is 1.99. The summed E-state index contributed by atoms with van der Waals surface area (Å²) in [7, 11) is 0. The van der Waals surface area contributed by atoms with Crippen molar-refractivity contribution in [2.45, 2.75) is 39.7 Å². The van der Waals surface area contributed by atoms with E-state index in [0.717, 1.165) is 12.0 Å². The lowest BCUT2D eigenvalue weighted by Gasteiger charge is -2.27. The molecule has 0 aliphatic carbocycles. The number of hydrogen-bond donors (Lipinski definition) is 1. The molecule has 1 unspecified atom stereocenters. The lowest BCUT2D eigenvalue weighted by Crippen LogP contribution is -2.42. The fraction of sp³-hybridized carbons (Fsp3) is 0.500. The third kappa shape index (κ3) is 5.43. The first-order chi connectivity index (χ1) is 9.54. The van der Waals surface area contributed by atoms with Crippen LogP contribution in [0.2, 0.25) is 0 Å². The third-order valence-electron chi connectivity index (χ3n) is 3.41. The number of carbonyl (C=O) groups is 2. The van der Waals surface area contributed by atoms with Crippen LogP contribution in [0.4, 0.5) is 0 Å². The highest BCUT2D eigenvalue weighted by Crippen LogP contribution is 2.03. The van der Waals surface area contributed by atoms with Gasteiger partial charge >= 0.3 is 0 Å². The second-order valence-corrected chi connectivity index (χ2v) is 4.98. The lowest BCUT2D eigenvalue weighted by atomic mass is 10.1. The molecule has 0 radical (unpaired) electrons. The number of nitrogens with zero attached hydrogens (tertiary/aromatic N) is 1. The maximum Gasteiger partial charge on any atom is 0.224 e. The summed E-state index contributed by atoms with van der Waals surface area (Å²) in [6.07, 6.45) is 1.29. The number of hydrogen-bond acceptors (Lipinski definition) is 2. The van der Waals surface area contributed by atoms with Crippen molar-refractivity contribution in [3.05, 3.63) is 35.9 Å². The Morgan fingerprint density at radius 1 is 1.25 bits per heavy atom. The summed E-state index contributed by atoms with van der Waals surface area (Å²) in [6, 6.07) is 9.84. The number of amides is 2. The van der Waals surface area contributed by atoms with E-state index in [-0.39, 0.29) is 17.9 Å². The molecule has 4 heteroatoms. The summed E-state index contributed by atoms with van der Waals surface area (Å²) in [5.74, 6) is 0.0421. The summed E-state index contributed by atoms with van der Waals surface area (Å²) in [6.45, 7) is 6.69. The molecule has 2 amide bonds. The molecule has 0 aliphatic rings. The SMILES string of the molecule is CCC(C)N(CCNC(=O)Cc1ccccc1)C(C)=O. The molecular weight excluding hydrogens is 252 g/mol. The van der Waals surface area contributed by atoms with Gasteiger partial charge in [0.25, 0.3) is 0 Å². The van der Waals surface area contributed by atoms with Crippen LogP contribution in [0, 0.1) is 0 Å². The number of benzene rings is 1. The molecule has 1 atom stereocenters. The second kappa shape index (κ2) is 8.35. The van der Waals surface area contributed by atoms with Gasteiger partial charge in [-0.15, -0.1) is 0 Å². The molecule has 0 saturated carbocycles. The van der Waals surface area contributed by atoms with E-state index in [4.69, 9.17) is 0 Å². The van der Waals surface area contributed by atoms with E-state index >= 15 is 0 Å². The Hall–Kier alpha value is -1.84. The van der Waals surface area contributed by atoms with E-state index in [0.29, 0.717) is 19.5 Å². The van der Waals surface area contributed by atoms with Crippen molar-refractivity contribution in [1.82, 2.24) is 10.2 Å². The van der Waals surface area contributed by atoms with Crippen LogP contribution in [0.25, 0.3) is 0 Å². The molecule has 1 N–H and O–H groups in total. The first kappa shape index (κ1) is 16.2. The largest absolute Gasteiger partial charge is 0.354 e. The zero-order valence-electron chi connectivity index (χ0n) is 12.6. The topological polar surface area (TPSA) is 49.4 Å². The van der Waals surface area contributed by atoms with Gasteiger partial charge in [-0.1, -0.05) is 37.3 Å². The van der Waals surface area contributed by atoms with Crippen LogP contribution in [0.1, 0.15) is 32.8 Å². The van der Waals surface area contributed by atoms with Gasteiger partial charge in [0, 0.05) is 26.1 Å². The van der Waals surface area contributed by atoms with E-state index in [1.165, 1.54) is 0 Å². The van der Waals surface area contributed by atoms with Gasteiger partial charge in [-0.2, -0.15) is 0 Å². The van der Waals surface area contributed by atoms with Crippen LogP contribution in [0.15, 0.2) is 30.3 Å². The minimum absolute atomic E-state index is 0.0103. The highest BCUT2D eigenvalue weighted by molar-refractivity contribution is 5.78. The molecule has 0 fully saturated rings. The van der Waals surface area contributed by atoms with Gasteiger partial charge < -0.3 is 10.2 Å². The highest BCUT2D eigenvalue weighted by atomic mass is 16.2. The van der Waals surface area contributed by atoms with Crippen LogP contribution in [-0.4, -0.2) is 35.8 Å². The molecule has 0 heterocycles. The van der Waals surface area contributed by atoms with Gasteiger partial charge in [-0.25, -0.2) is 0 Å². The second-order valence-electron chi connectivity index (χ2n) is 4.98. The molecule has 4 nitrogen and oxygen atoms in total. The molecule has 110 valence electrons. The fourth-order valence-electron chi connectivity index (χ4n) is 2.07. The standard InChI is InChI=1S/C16H24N2O2/c1-4-13(2)18(14(3)19)11-10-17-16(20)12-15-8-6-5-7-9-15/h5-9,13H,4,10-12H2,1-3H3,(H,17,20). The number of rotatable bonds is 7. The summed E-state index contributed by atoms with van der Waals surface area (Å²) >= 11 is 0. The maximum atomic E-state index is 11.8. The van der Waals surface area contributed by atoms with Crippen LogP contribution in [0.5, 0.6) is 0 Å². The number of nitrogens with one attached hydrogen (secondary N) is 1. The average molecular weight is 276 g/mol. The van der Waals surface area contributed by atoms with Gasteiger partial charge in [-0.3, -0.25) is 9.59 Å². The predicted molar refractivity (Wildman–Crippen MR) is 80.3 cm³/mol. The van der Waals surface area contributed by atoms with Gasteiger partial charge in [0.1, 0.15) is 0 Å². The summed E-state index contributed by atoms with van der Waals surface area (Å²) in [5.41, 5.74) is 0.996. The Labute approximate surface area is 121 Å². The van der Waals surface area contributed by atoms with Gasteiger partial charge in [0.05, 0.1) is 6.42 Å². The van der Waals surface area contributed by atoms with Crippen LogP contribution >= 0.6 is 0 Å². The Balaban J connectivity index is 2.35. The van der Waals surface area contributed by atoms with Crippen LogP contribution in [0.3, 0.4) is 0 Å². The molecule has 1 aromatic carbocycles. The summed E-state index contributed by atoms with van der Waals surface area (Å²) in [5, 5.41) is 2.86. The van der Waals surface area contributed by atoms with Crippen molar-refractivity contribution in [2.75, 3.05) is 13.1 Å². The molecule has 0 aromatic heterocycles. The molecule has 0 bridgehead atoms. The fourth-order valence-corrected chi connectivity index (χ4v) is 2.07. The van der Waals surface area contributed by atoms with E-state index in [9.17, 15) is 9.59 Å². The summed E-state index contributed by atoms with van der Waals surface area (Å²) in [4.78, 5) is 25.1. The van der Waals surface area contributed by atoms with Crippen molar-refractivity contribution < 1.29 is 9.59 Å². The van der Waals surface area contributed by atoms with Crippen LogP contribution < -0.4 is 5.32 Å². The zero-order valence-corrected chi connectivity index (χ0v) is 12.6. The minimum Gasteiger partial charge on any atom is -0.354 e. The van der Waals surface area contributed by atoms with Crippen molar-refractivity contribution in [2.24, 2.45) is 0 Å². The van der Waals surface area contributed by atoms with E-state index in [1.54, 1.807) is 11.8 Å². The van der Waals surface area contributed by atoms with Crippen molar-refractivity contribution in [1.29, 1.82) is 0 Å². The van der Waals surface area contributed by atoms with Gasteiger partial charge in [-0.05, 0) is 18.9 Å². The molecular formula is C16H24N2O2.